The molecule has 0 bridgehead atoms. The van der Waals surface area contributed by atoms with Crippen molar-refractivity contribution in [1.82, 2.24) is 9.80 Å². The first kappa shape index (κ1) is 15.0. The van der Waals surface area contributed by atoms with E-state index in [0.29, 0.717) is 6.54 Å². The van der Waals surface area contributed by atoms with Crippen LogP contribution in [-0.2, 0) is 13.1 Å². The van der Waals surface area contributed by atoms with Gasteiger partial charge in [0.1, 0.15) is 0 Å². The Morgan fingerprint density at radius 3 is 2.42 bits per heavy atom. The van der Waals surface area contributed by atoms with Gasteiger partial charge in [-0.3, -0.25) is 4.90 Å². The molecule has 0 aromatic heterocycles. The van der Waals surface area contributed by atoms with Gasteiger partial charge in [-0.25, -0.2) is 0 Å². The summed E-state index contributed by atoms with van der Waals surface area (Å²) < 4.78 is 1.19. The van der Waals surface area contributed by atoms with Gasteiger partial charge < -0.3 is 10.6 Å². The number of hydrogen-bond donors (Lipinski definition) is 1. The maximum atomic E-state index is 5.66. The minimum absolute atomic E-state index is 0.606. The summed E-state index contributed by atoms with van der Waals surface area (Å²) >= 11 is 3.66. The zero-order valence-electron chi connectivity index (χ0n) is 11.7. The molecule has 1 heterocycles. The van der Waals surface area contributed by atoms with E-state index < -0.39 is 0 Å². The Hall–Kier alpha value is -0.420. The molecule has 1 saturated heterocycles. The lowest BCUT2D eigenvalue weighted by atomic mass is 10.1. The summed E-state index contributed by atoms with van der Waals surface area (Å²) in [6.07, 6.45) is 1.26. The molecule has 1 aromatic rings. The number of nitrogens with zero attached hydrogens (tertiary/aromatic N) is 2. The third kappa shape index (κ3) is 4.28. The lowest BCUT2D eigenvalue weighted by Crippen LogP contribution is -2.46. The van der Waals surface area contributed by atoms with Crippen molar-refractivity contribution in [2.45, 2.75) is 26.4 Å². The maximum Gasteiger partial charge on any atom is 0.0246 e. The lowest BCUT2D eigenvalue weighted by molar-refractivity contribution is 0.127. The Morgan fingerprint density at radius 1 is 1.16 bits per heavy atom. The predicted molar refractivity (Wildman–Crippen MR) is 84.0 cm³/mol. The van der Waals surface area contributed by atoms with Crippen LogP contribution < -0.4 is 5.73 Å². The third-order valence-electron chi connectivity index (χ3n) is 3.75. The minimum atomic E-state index is 0.606. The van der Waals surface area contributed by atoms with E-state index in [2.05, 4.69) is 50.9 Å². The molecule has 0 unspecified atom stereocenters. The number of benzene rings is 1. The summed E-state index contributed by atoms with van der Waals surface area (Å²) in [5.74, 6) is 0. The summed E-state index contributed by atoms with van der Waals surface area (Å²) in [6.45, 7) is 9.88. The second kappa shape index (κ2) is 7.39. The maximum absolute atomic E-state index is 5.66. The van der Waals surface area contributed by atoms with E-state index in [1.165, 1.54) is 54.7 Å². The van der Waals surface area contributed by atoms with E-state index in [4.69, 9.17) is 5.73 Å². The summed E-state index contributed by atoms with van der Waals surface area (Å²) in [6, 6.07) is 6.47. The van der Waals surface area contributed by atoms with Crippen molar-refractivity contribution in [3.63, 3.8) is 0 Å². The molecule has 0 amide bonds. The molecule has 106 valence electrons. The molecule has 1 fully saturated rings. The molecule has 0 saturated carbocycles. The molecule has 0 aliphatic carbocycles. The van der Waals surface area contributed by atoms with Crippen molar-refractivity contribution in [3.8, 4) is 0 Å². The molecule has 1 aliphatic rings. The van der Waals surface area contributed by atoms with Crippen molar-refractivity contribution in [1.29, 1.82) is 0 Å². The first-order valence-electron chi connectivity index (χ1n) is 7.15. The van der Waals surface area contributed by atoms with Crippen LogP contribution in [0.25, 0.3) is 0 Å². The van der Waals surface area contributed by atoms with Crippen LogP contribution in [0, 0.1) is 0 Å². The fourth-order valence-electron chi connectivity index (χ4n) is 2.57. The van der Waals surface area contributed by atoms with Crippen LogP contribution in [0.1, 0.15) is 24.5 Å². The number of hydrogen-bond acceptors (Lipinski definition) is 3. The average molecular weight is 326 g/mol. The smallest absolute Gasteiger partial charge is 0.0246 e. The topological polar surface area (TPSA) is 32.5 Å². The van der Waals surface area contributed by atoms with Crippen LogP contribution in [-0.4, -0.2) is 42.5 Å². The summed E-state index contributed by atoms with van der Waals surface area (Å²) in [5.41, 5.74) is 8.21. The number of rotatable bonds is 5. The molecule has 0 spiro atoms. The molecule has 0 atom stereocenters. The van der Waals surface area contributed by atoms with Crippen molar-refractivity contribution in [2.24, 2.45) is 5.73 Å². The van der Waals surface area contributed by atoms with Crippen LogP contribution >= 0.6 is 15.9 Å². The summed E-state index contributed by atoms with van der Waals surface area (Å²) in [7, 11) is 0. The van der Waals surface area contributed by atoms with E-state index in [9.17, 15) is 0 Å². The van der Waals surface area contributed by atoms with Crippen LogP contribution in [0.4, 0.5) is 0 Å². The zero-order chi connectivity index (χ0) is 13.7. The first-order chi connectivity index (χ1) is 9.22. The standard InChI is InChI=1S/C15H24BrN3/c1-2-5-18-6-8-19(9-7-18)12-14-4-3-13(11-17)10-15(14)16/h3-4,10H,2,5-9,11-12,17H2,1H3. The monoisotopic (exact) mass is 325 g/mol. The van der Waals surface area contributed by atoms with Gasteiger partial charge in [0.2, 0.25) is 0 Å². The van der Waals surface area contributed by atoms with Crippen molar-refractivity contribution in [3.05, 3.63) is 33.8 Å². The van der Waals surface area contributed by atoms with Crippen LogP contribution in [0.2, 0.25) is 0 Å². The molecule has 0 radical (unpaired) electrons. The lowest BCUT2D eigenvalue weighted by Gasteiger charge is -2.34. The predicted octanol–water partition coefficient (Wildman–Crippen LogP) is 2.44. The second-order valence-corrected chi connectivity index (χ2v) is 6.10. The quantitative estimate of drug-likeness (QED) is 0.902. The zero-order valence-corrected chi connectivity index (χ0v) is 13.3. The van der Waals surface area contributed by atoms with E-state index >= 15 is 0 Å². The Balaban J connectivity index is 1.88. The summed E-state index contributed by atoms with van der Waals surface area (Å²) in [4.78, 5) is 5.09. The molecule has 3 nitrogen and oxygen atoms in total. The Labute approximate surface area is 124 Å². The molecule has 2 N–H and O–H groups in total. The van der Waals surface area contributed by atoms with Crippen LogP contribution in [0.3, 0.4) is 0 Å². The molecule has 2 rings (SSSR count). The highest BCUT2D eigenvalue weighted by Crippen LogP contribution is 2.20. The highest BCUT2D eigenvalue weighted by molar-refractivity contribution is 9.10. The van der Waals surface area contributed by atoms with Gasteiger partial charge >= 0.3 is 0 Å². The molecule has 1 aromatic carbocycles. The molecule has 1 aliphatic heterocycles. The van der Waals surface area contributed by atoms with Gasteiger partial charge in [0.15, 0.2) is 0 Å². The highest BCUT2D eigenvalue weighted by Gasteiger charge is 2.16. The van der Waals surface area contributed by atoms with Gasteiger partial charge in [0.25, 0.3) is 0 Å². The van der Waals surface area contributed by atoms with Crippen molar-refractivity contribution in [2.75, 3.05) is 32.7 Å². The van der Waals surface area contributed by atoms with Gasteiger partial charge in [-0.2, -0.15) is 0 Å². The van der Waals surface area contributed by atoms with E-state index in [1.807, 2.05) is 0 Å². The minimum Gasteiger partial charge on any atom is -0.326 e. The second-order valence-electron chi connectivity index (χ2n) is 5.25. The first-order valence-corrected chi connectivity index (χ1v) is 7.94. The third-order valence-corrected chi connectivity index (χ3v) is 4.49. The fraction of sp³-hybridized carbons (Fsp3) is 0.600. The SMILES string of the molecule is CCCN1CCN(Cc2ccc(CN)cc2Br)CC1. The van der Waals surface area contributed by atoms with Crippen molar-refractivity contribution < 1.29 is 0 Å². The molecule has 4 heteroatoms. The highest BCUT2D eigenvalue weighted by atomic mass is 79.9. The number of nitrogens with two attached hydrogens (primary N) is 1. The van der Waals surface area contributed by atoms with Gasteiger partial charge in [-0.05, 0) is 30.2 Å². The van der Waals surface area contributed by atoms with Crippen LogP contribution in [0.5, 0.6) is 0 Å². The van der Waals surface area contributed by atoms with E-state index in [1.54, 1.807) is 0 Å². The van der Waals surface area contributed by atoms with Crippen molar-refractivity contribution >= 4 is 15.9 Å². The fourth-order valence-corrected chi connectivity index (χ4v) is 3.13. The van der Waals surface area contributed by atoms with E-state index in [0.717, 1.165) is 6.54 Å². The van der Waals surface area contributed by atoms with Gasteiger partial charge in [-0.15, -0.1) is 0 Å². The number of halogens is 1. The molecule has 19 heavy (non-hydrogen) atoms. The number of piperazine rings is 1. The Bertz CT molecular complexity index is 400. The van der Waals surface area contributed by atoms with Gasteiger partial charge in [-0.1, -0.05) is 35.0 Å². The summed E-state index contributed by atoms with van der Waals surface area (Å²) in [5, 5.41) is 0. The normalized spacial score (nSPS) is 17.8. The Morgan fingerprint density at radius 2 is 1.84 bits per heavy atom. The largest absolute Gasteiger partial charge is 0.326 e. The van der Waals surface area contributed by atoms with Gasteiger partial charge in [0.05, 0.1) is 0 Å². The van der Waals surface area contributed by atoms with Crippen LogP contribution in [0.15, 0.2) is 22.7 Å². The van der Waals surface area contributed by atoms with Gasteiger partial charge in [0, 0.05) is 43.7 Å². The Kier molecular flexibility index (Phi) is 5.82. The average Bonchev–Trinajstić information content (AvgIpc) is 2.43. The molecular formula is C15H24BrN3. The molecular weight excluding hydrogens is 302 g/mol. The van der Waals surface area contributed by atoms with E-state index in [-0.39, 0.29) is 0 Å².